The van der Waals surface area contributed by atoms with Crippen molar-refractivity contribution < 1.29 is 37.0 Å². The Bertz CT molecular complexity index is 1930. The molecule has 1 fully saturated rings. The number of carbonyl (C=O) groups is 3. The summed E-state index contributed by atoms with van der Waals surface area (Å²) in [6.45, 7) is 1.55. The van der Waals surface area contributed by atoms with Gasteiger partial charge in [-0.2, -0.15) is 4.99 Å². The summed E-state index contributed by atoms with van der Waals surface area (Å²) in [5, 5.41) is 4.24. The fourth-order valence-electron chi connectivity index (χ4n) is 4.78. The van der Waals surface area contributed by atoms with E-state index in [0.717, 1.165) is 11.8 Å². The molecule has 14 heteroatoms. The van der Waals surface area contributed by atoms with Gasteiger partial charge in [0.05, 0.1) is 17.1 Å². The number of hydrogen-bond donors (Lipinski definition) is 3. The highest BCUT2D eigenvalue weighted by Crippen LogP contribution is 2.28. The van der Waals surface area contributed by atoms with E-state index < -0.39 is 40.3 Å². The van der Waals surface area contributed by atoms with Gasteiger partial charge in [0, 0.05) is 23.1 Å². The highest BCUT2D eigenvalue weighted by atomic mass is 32.2. The number of aliphatic imine (C=N–C) groups is 1. The van der Waals surface area contributed by atoms with Gasteiger partial charge < -0.3 is 25.3 Å². The van der Waals surface area contributed by atoms with Crippen LogP contribution in [0.4, 0.5) is 25.8 Å². The number of nitrogens with two attached hydrogens (primary N) is 1. The first kappa shape index (κ1) is 33.5. The molecule has 1 heterocycles. The number of cyclic esters (lactones) is 2. The lowest BCUT2D eigenvalue weighted by Gasteiger charge is -2.25. The second-order valence-corrected chi connectivity index (χ2v) is 12.8. The molecule has 3 amide bonds. The number of amides is 3. The monoisotopic (exact) mass is 671 g/mol. The Hall–Kier alpha value is -5.89. The predicted molar refractivity (Wildman–Crippen MR) is 179 cm³/mol. The van der Waals surface area contributed by atoms with Gasteiger partial charge in [0.2, 0.25) is 0 Å². The van der Waals surface area contributed by atoms with Gasteiger partial charge in [0.1, 0.15) is 18.5 Å². The SMILES string of the molecule is CC1OC(=O)OC1COC(=O)/N=C(\N)c1cccc(NN(Cc2ccccc2)C(=O)Nc2ccc(-c3ccccc3S(C)(=O)=O)cc2)c1. The molecule has 0 aromatic heterocycles. The molecule has 0 saturated carbocycles. The summed E-state index contributed by atoms with van der Waals surface area (Å²) >= 11 is 0. The van der Waals surface area contributed by atoms with E-state index in [1.807, 2.05) is 30.3 Å². The highest BCUT2D eigenvalue weighted by Gasteiger charge is 2.34. The summed E-state index contributed by atoms with van der Waals surface area (Å²) in [6.07, 6.45) is -1.97. The summed E-state index contributed by atoms with van der Waals surface area (Å²) in [5.41, 5.74) is 12.6. The molecule has 4 aromatic rings. The third-order valence-corrected chi connectivity index (χ3v) is 8.38. The van der Waals surface area contributed by atoms with Crippen LogP contribution < -0.4 is 16.5 Å². The molecule has 13 nitrogen and oxygen atoms in total. The van der Waals surface area contributed by atoms with Crippen LogP contribution in [0.1, 0.15) is 18.1 Å². The van der Waals surface area contributed by atoms with Gasteiger partial charge in [-0.25, -0.2) is 27.8 Å². The lowest BCUT2D eigenvalue weighted by molar-refractivity contribution is 0.0680. The van der Waals surface area contributed by atoms with Crippen LogP contribution >= 0.6 is 0 Å². The summed E-state index contributed by atoms with van der Waals surface area (Å²) in [6, 6.07) is 29.1. The lowest BCUT2D eigenvalue weighted by atomic mass is 10.1. The third kappa shape index (κ3) is 8.67. The van der Waals surface area contributed by atoms with Crippen LogP contribution in [0.2, 0.25) is 0 Å². The fourth-order valence-corrected chi connectivity index (χ4v) is 5.69. The normalized spacial score (nSPS) is 16.0. The minimum absolute atomic E-state index is 0.132. The van der Waals surface area contributed by atoms with Crippen molar-refractivity contribution in [3.8, 4) is 11.1 Å². The number of urea groups is 1. The maximum Gasteiger partial charge on any atom is 0.509 e. The first-order valence-corrected chi connectivity index (χ1v) is 16.6. The number of nitrogens with one attached hydrogen (secondary N) is 2. The Morgan fingerprint density at radius 3 is 2.31 bits per heavy atom. The first-order chi connectivity index (χ1) is 23.0. The van der Waals surface area contributed by atoms with E-state index in [9.17, 15) is 22.8 Å². The van der Waals surface area contributed by atoms with E-state index in [2.05, 4.69) is 15.7 Å². The summed E-state index contributed by atoms with van der Waals surface area (Å²) in [4.78, 5) is 41.1. The van der Waals surface area contributed by atoms with E-state index in [4.69, 9.17) is 19.9 Å². The molecule has 0 bridgehead atoms. The van der Waals surface area contributed by atoms with Gasteiger partial charge in [0.15, 0.2) is 15.9 Å². The summed E-state index contributed by atoms with van der Waals surface area (Å²) in [5.74, 6) is -0.132. The molecule has 1 aliphatic rings. The fraction of sp³-hybridized carbons (Fsp3) is 0.176. The number of hydrazine groups is 1. The number of rotatable bonds is 10. The Balaban J connectivity index is 1.29. The molecule has 1 aliphatic heterocycles. The van der Waals surface area contributed by atoms with Crippen LogP contribution in [-0.2, 0) is 30.6 Å². The molecule has 5 rings (SSSR count). The van der Waals surface area contributed by atoms with Gasteiger partial charge in [-0.1, -0.05) is 72.8 Å². The van der Waals surface area contributed by atoms with Crippen LogP contribution in [0.25, 0.3) is 11.1 Å². The van der Waals surface area contributed by atoms with E-state index in [-0.39, 0.29) is 23.9 Å². The number of ether oxygens (including phenoxy) is 3. The van der Waals surface area contributed by atoms with Gasteiger partial charge >= 0.3 is 18.3 Å². The molecule has 0 aliphatic carbocycles. The van der Waals surface area contributed by atoms with Crippen molar-refractivity contribution in [3.63, 3.8) is 0 Å². The van der Waals surface area contributed by atoms with Crippen molar-refractivity contribution in [2.45, 2.75) is 30.6 Å². The minimum atomic E-state index is -3.45. The maximum atomic E-state index is 13.6. The molecule has 2 atom stereocenters. The number of nitrogens with zero attached hydrogens (tertiary/aromatic N) is 2. The molecular weight excluding hydrogens is 638 g/mol. The maximum absolute atomic E-state index is 13.6. The van der Waals surface area contributed by atoms with Crippen molar-refractivity contribution in [1.82, 2.24) is 5.01 Å². The van der Waals surface area contributed by atoms with Crippen molar-refractivity contribution in [1.29, 1.82) is 0 Å². The average molecular weight is 672 g/mol. The number of hydrogen-bond acceptors (Lipinski definition) is 9. The zero-order valence-corrected chi connectivity index (χ0v) is 26.8. The summed E-state index contributed by atoms with van der Waals surface area (Å²) in [7, 11) is -3.45. The van der Waals surface area contributed by atoms with Gasteiger partial charge in [-0.15, -0.1) is 0 Å². The number of carbonyl (C=O) groups excluding carboxylic acids is 3. The standard InChI is InChI=1S/C34H33N5O8S/c1-22-29(47-34(42)46-22)21-45-33(41)37-31(35)25-11-8-12-27(19-25)38-39(20-23-9-4-3-5-10-23)32(40)36-26-17-15-24(16-18-26)28-13-6-7-14-30(28)48(2,43)44/h3-19,22,29,38H,20-21H2,1-2H3,(H,36,40)(H2,35,37,41). The van der Waals surface area contributed by atoms with Crippen molar-refractivity contribution >= 4 is 45.3 Å². The topological polar surface area (TPSA) is 179 Å². The van der Waals surface area contributed by atoms with Gasteiger partial charge in [-0.05, 0) is 48.4 Å². The molecule has 0 spiro atoms. The zero-order chi connectivity index (χ0) is 34.3. The van der Waals surface area contributed by atoms with E-state index in [1.54, 1.807) is 79.7 Å². The molecule has 2 unspecified atom stereocenters. The molecular formula is C34H33N5O8S. The number of anilines is 2. The van der Waals surface area contributed by atoms with E-state index >= 15 is 0 Å². The van der Waals surface area contributed by atoms with E-state index in [0.29, 0.717) is 28.1 Å². The Morgan fingerprint density at radius 2 is 1.62 bits per heavy atom. The quantitative estimate of drug-likeness (QED) is 0.0834. The second kappa shape index (κ2) is 14.7. The number of benzene rings is 4. The van der Waals surface area contributed by atoms with Crippen molar-refractivity contribution in [2.24, 2.45) is 10.7 Å². The molecule has 4 aromatic carbocycles. The molecule has 1 saturated heterocycles. The third-order valence-electron chi connectivity index (χ3n) is 7.22. The van der Waals surface area contributed by atoms with Crippen LogP contribution in [0, 0.1) is 0 Å². The number of sulfone groups is 1. The smallest absolute Gasteiger partial charge is 0.444 e. The van der Waals surface area contributed by atoms with Crippen LogP contribution in [0.5, 0.6) is 0 Å². The highest BCUT2D eigenvalue weighted by molar-refractivity contribution is 7.90. The molecule has 248 valence electrons. The van der Waals surface area contributed by atoms with E-state index in [1.165, 1.54) is 5.01 Å². The summed E-state index contributed by atoms with van der Waals surface area (Å²) < 4.78 is 39.4. The Labute approximate surface area is 277 Å². The number of amidine groups is 1. The second-order valence-electron chi connectivity index (χ2n) is 10.8. The lowest BCUT2D eigenvalue weighted by Crippen LogP contribution is -2.39. The van der Waals surface area contributed by atoms with Crippen molar-refractivity contribution in [3.05, 3.63) is 114 Å². The average Bonchev–Trinajstić information content (AvgIpc) is 3.40. The van der Waals surface area contributed by atoms with Crippen LogP contribution in [-0.4, -0.2) is 62.6 Å². The van der Waals surface area contributed by atoms with Gasteiger partial charge in [-0.3, -0.25) is 5.43 Å². The molecule has 0 radical (unpaired) electrons. The zero-order valence-electron chi connectivity index (χ0n) is 26.0. The molecule has 4 N–H and O–H groups in total. The minimum Gasteiger partial charge on any atom is -0.444 e. The predicted octanol–water partition coefficient (Wildman–Crippen LogP) is 5.58. The largest absolute Gasteiger partial charge is 0.509 e. The Kier molecular flexibility index (Phi) is 10.2. The van der Waals surface area contributed by atoms with Crippen molar-refractivity contribution in [2.75, 3.05) is 23.6 Å². The molecule has 48 heavy (non-hydrogen) atoms. The van der Waals surface area contributed by atoms with Gasteiger partial charge in [0.25, 0.3) is 0 Å². The van der Waals surface area contributed by atoms with Crippen LogP contribution in [0.15, 0.2) is 113 Å². The van der Waals surface area contributed by atoms with Crippen LogP contribution in [0.3, 0.4) is 0 Å². The Morgan fingerprint density at radius 1 is 0.917 bits per heavy atom. The first-order valence-electron chi connectivity index (χ1n) is 14.7.